The summed E-state index contributed by atoms with van der Waals surface area (Å²) in [5.74, 6) is 2.26. The third-order valence-electron chi connectivity index (χ3n) is 15.6. The fourth-order valence-electron chi connectivity index (χ4n) is 12.1. The van der Waals surface area contributed by atoms with Gasteiger partial charge in [0.2, 0.25) is 0 Å². The minimum absolute atomic E-state index is 0.128. The Morgan fingerprint density at radius 1 is 0.443 bits per heavy atom. The second-order valence-electron chi connectivity index (χ2n) is 21.4. The van der Waals surface area contributed by atoms with Crippen LogP contribution in [-0.4, -0.2) is 23.3 Å². The van der Waals surface area contributed by atoms with Gasteiger partial charge in [0.05, 0.1) is 44.5 Å². The topological polar surface area (TPSA) is 45.7 Å². The summed E-state index contributed by atoms with van der Waals surface area (Å²) in [6.07, 6.45) is 9.79. The molecule has 0 unspecified atom stereocenters. The van der Waals surface area contributed by atoms with Gasteiger partial charge >= 0.3 is 0 Å². The minimum atomic E-state index is -0.128. The molecule has 0 fully saturated rings. The normalized spacial score (nSPS) is 12.0. The molecule has 0 saturated heterocycles. The zero-order valence-electron chi connectivity index (χ0n) is 43.9. The summed E-state index contributed by atoms with van der Waals surface area (Å²) in [7, 11) is 0. The molecule has 15 aromatic rings. The van der Waals surface area contributed by atoms with Crippen LogP contribution in [0.2, 0.25) is 0 Å². The van der Waals surface area contributed by atoms with E-state index in [0.717, 1.165) is 105 Å². The summed E-state index contributed by atoms with van der Waals surface area (Å²) in [5, 5.41) is 6.94. The van der Waals surface area contributed by atoms with E-state index in [1.807, 2.05) is 22.9 Å². The summed E-state index contributed by atoms with van der Waals surface area (Å²) >= 11 is 0. The Bertz CT molecular complexity index is 4770. The van der Waals surface area contributed by atoms with Gasteiger partial charge in [0.25, 0.3) is 6.33 Å². The first-order valence-corrected chi connectivity index (χ1v) is 26.9. The molecular formula is C72H52N6O. The minimum Gasteiger partial charge on any atom is -0.458 e. The summed E-state index contributed by atoms with van der Waals surface area (Å²) in [5.41, 5.74) is 16.4. The van der Waals surface area contributed by atoms with Crippen LogP contribution in [0.25, 0.3) is 116 Å². The predicted octanol–water partition coefficient (Wildman–Crippen LogP) is 17.7. The van der Waals surface area contributed by atoms with Gasteiger partial charge in [-0.3, -0.25) is 13.7 Å². The van der Waals surface area contributed by atoms with Gasteiger partial charge in [-0.2, -0.15) is 0 Å². The van der Waals surface area contributed by atoms with Crippen molar-refractivity contribution in [3.05, 3.63) is 273 Å². The smallest absolute Gasteiger partial charge is 0.268 e. The number of hydrogen-bond acceptors (Lipinski definition) is 2. The van der Waals surface area contributed by atoms with Crippen LogP contribution in [0, 0.1) is 6.33 Å². The van der Waals surface area contributed by atoms with Crippen molar-refractivity contribution in [2.24, 2.45) is 0 Å². The lowest BCUT2D eigenvalue weighted by atomic mass is 9.88. The molecule has 0 spiro atoms. The number of aromatic nitrogens is 6. The number of nitrogens with zero attached hydrogens (tertiary/aromatic N) is 6. The van der Waals surface area contributed by atoms with Gasteiger partial charge in [-0.15, -0.1) is 0 Å². The molecule has 0 atom stereocenters. The van der Waals surface area contributed by atoms with Gasteiger partial charge in [-0.05, 0) is 112 Å². The fourth-order valence-corrected chi connectivity index (χ4v) is 12.1. The lowest BCUT2D eigenvalue weighted by Crippen LogP contribution is -2.28. The highest BCUT2D eigenvalue weighted by Crippen LogP contribution is 2.51. The van der Waals surface area contributed by atoms with Gasteiger partial charge in [0.1, 0.15) is 17.3 Å². The first-order valence-electron chi connectivity index (χ1n) is 26.9. The molecule has 15 rings (SSSR count). The third kappa shape index (κ3) is 7.49. The fraction of sp³-hybridized carbons (Fsp3) is 0.0556. The van der Waals surface area contributed by atoms with Crippen molar-refractivity contribution >= 4 is 65.4 Å². The molecule has 7 nitrogen and oxygen atoms in total. The molecule has 5 aromatic heterocycles. The standard InChI is InChI=1S/C72H52N6O/c1-72(2,3)50-40-41-73-64(44-50)78-63-46-55(79-54-31-20-30-53(45-54)74-42-43-75(47-74)68-56(48-22-8-4-9-23-48)34-21-35-57(68)49-24-10-5-11-25-49)38-39-60(63)65-66-58-32-16-18-36-61(58)76(51-26-12-6-13-27-51)70(66)71-67(69(65)78)59-33-17-19-37-62(59)77(71)52-28-14-7-15-29-52/h4-46H,1-3H3. The zero-order chi connectivity index (χ0) is 52.8. The first kappa shape index (κ1) is 46.1. The van der Waals surface area contributed by atoms with E-state index < -0.39 is 0 Å². The average Bonchev–Trinajstić information content (AvgIpc) is 2.03. The molecular weight excluding hydrogens is 965 g/mol. The molecule has 376 valence electrons. The van der Waals surface area contributed by atoms with Crippen molar-refractivity contribution in [1.82, 2.24) is 23.3 Å². The van der Waals surface area contributed by atoms with Crippen LogP contribution < -0.4 is 9.30 Å². The van der Waals surface area contributed by atoms with E-state index in [0.29, 0.717) is 11.5 Å². The van der Waals surface area contributed by atoms with E-state index in [4.69, 9.17) is 9.72 Å². The zero-order valence-corrected chi connectivity index (χ0v) is 43.9. The number of fused-ring (bicyclic) bond motifs is 12. The van der Waals surface area contributed by atoms with E-state index >= 15 is 0 Å². The van der Waals surface area contributed by atoms with Crippen molar-refractivity contribution < 1.29 is 9.30 Å². The summed E-state index contributed by atoms with van der Waals surface area (Å²) in [6, 6.07) is 86.3. The SMILES string of the molecule is CC(C)(C)c1ccnc(-n2c3cc(Oc4cccc(-[n+]5[c-]n(-c6c(-c7ccccc7)cccc6-c6ccccc6)cc5)c4)ccc3c3c4c5ccccc5n(-c5ccccc5)c4c4c(c5ccccc5n4-c4ccccc4)c32)c1. The predicted molar refractivity (Wildman–Crippen MR) is 323 cm³/mol. The van der Waals surface area contributed by atoms with Gasteiger partial charge in [0.15, 0.2) is 0 Å². The Hall–Kier alpha value is -10.2. The molecule has 0 N–H and O–H groups in total. The number of para-hydroxylation sites is 5. The Morgan fingerprint density at radius 2 is 0.975 bits per heavy atom. The first-order chi connectivity index (χ1) is 38.9. The molecule has 10 aromatic carbocycles. The summed E-state index contributed by atoms with van der Waals surface area (Å²) < 4.78 is 18.5. The maximum atomic E-state index is 7.02. The van der Waals surface area contributed by atoms with Crippen LogP contribution in [0.5, 0.6) is 11.5 Å². The molecule has 0 amide bonds. The maximum Gasteiger partial charge on any atom is 0.268 e. The monoisotopic (exact) mass is 1020 g/mol. The van der Waals surface area contributed by atoms with Crippen molar-refractivity contribution in [1.29, 1.82) is 0 Å². The quantitative estimate of drug-likeness (QED) is 0.107. The lowest BCUT2D eigenvalue weighted by molar-refractivity contribution is -0.599. The van der Waals surface area contributed by atoms with E-state index in [1.54, 1.807) is 0 Å². The summed E-state index contributed by atoms with van der Waals surface area (Å²) in [6.45, 7) is 6.80. The van der Waals surface area contributed by atoms with Gasteiger partial charge in [-0.1, -0.05) is 178 Å². The Morgan fingerprint density at radius 3 is 1.61 bits per heavy atom. The van der Waals surface area contributed by atoms with E-state index in [1.165, 1.54) is 16.3 Å². The number of benzene rings is 10. The van der Waals surface area contributed by atoms with Gasteiger partial charge in [0, 0.05) is 68.3 Å². The molecule has 0 saturated carbocycles. The molecule has 0 radical (unpaired) electrons. The highest BCUT2D eigenvalue weighted by molar-refractivity contribution is 6.40. The third-order valence-corrected chi connectivity index (χ3v) is 15.6. The molecule has 5 heterocycles. The second-order valence-corrected chi connectivity index (χ2v) is 21.4. The van der Waals surface area contributed by atoms with E-state index in [-0.39, 0.29) is 5.41 Å². The highest BCUT2D eigenvalue weighted by Gasteiger charge is 2.30. The molecule has 7 heteroatoms. The van der Waals surface area contributed by atoms with Gasteiger partial charge in [-0.25, -0.2) is 4.98 Å². The van der Waals surface area contributed by atoms with E-state index in [9.17, 15) is 0 Å². The average molecular weight is 1020 g/mol. The van der Waals surface area contributed by atoms with Crippen molar-refractivity contribution in [2.45, 2.75) is 26.2 Å². The number of ether oxygens (including phenoxy) is 1. The molecule has 0 aliphatic rings. The molecule has 79 heavy (non-hydrogen) atoms. The number of rotatable bonds is 9. The number of hydrogen-bond donors (Lipinski definition) is 0. The second kappa shape index (κ2) is 18.2. The van der Waals surface area contributed by atoms with Crippen LogP contribution >= 0.6 is 0 Å². The Labute approximate surface area is 457 Å². The van der Waals surface area contributed by atoms with Crippen LogP contribution in [0.1, 0.15) is 26.3 Å². The molecule has 0 aliphatic carbocycles. The van der Waals surface area contributed by atoms with Crippen LogP contribution in [0.4, 0.5) is 0 Å². The van der Waals surface area contributed by atoms with Crippen molar-refractivity contribution in [3.63, 3.8) is 0 Å². The van der Waals surface area contributed by atoms with E-state index in [2.05, 4.69) is 288 Å². The van der Waals surface area contributed by atoms with Crippen molar-refractivity contribution in [3.8, 4) is 62.3 Å². The largest absolute Gasteiger partial charge is 0.458 e. The van der Waals surface area contributed by atoms with Crippen LogP contribution in [0.15, 0.2) is 261 Å². The maximum absolute atomic E-state index is 7.02. The summed E-state index contributed by atoms with van der Waals surface area (Å²) in [4.78, 5) is 5.27. The van der Waals surface area contributed by atoms with Crippen LogP contribution in [0.3, 0.4) is 0 Å². The Kier molecular flexibility index (Phi) is 10.6. The van der Waals surface area contributed by atoms with Gasteiger partial charge < -0.3 is 13.9 Å². The molecule has 0 bridgehead atoms. The molecule has 0 aliphatic heterocycles. The van der Waals surface area contributed by atoms with Crippen LogP contribution in [-0.2, 0) is 5.41 Å². The van der Waals surface area contributed by atoms with Crippen molar-refractivity contribution in [2.75, 3.05) is 0 Å². The lowest BCUT2D eigenvalue weighted by Gasteiger charge is -2.20. The Balaban J connectivity index is 0.962. The number of imidazole rings is 1. The number of pyridine rings is 1. The highest BCUT2D eigenvalue weighted by atomic mass is 16.5.